The van der Waals surface area contributed by atoms with Crippen LogP contribution < -0.4 is 10.3 Å². The van der Waals surface area contributed by atoms with Crippen molar-refractivity contribution >= 4 is 22.6 Å². The Morgan fingerprint density at radius 2 is 1.65 bits per heavy atom. The normalized spacial score (nSPS) is 13.1. The van der Waals surface area contributed by atoms with E-state index in [1.807, 2.05) is 59.6 Å². The van der Waals surface area contributed by atoms with E-state index in [4.69, 9.17) is 4.42 Å². The number of aromatic nitrogens is 2. The van der Waals surface area contributed by atoms with Crippen LogP contribution in [0.5, 0.6) is 0 Å². The summed E-state index contributed by atoms with van der Waals surface area (Å²) in [6.45, 7) is 3.93. The number of hydrogen-bond acceptors (Lipinski definition) is 5. The van der Waals surface area contributed by atoms with Gasteiger partial charge in [0.2, 0.25) is 0 Å². The van der Waals surface area contributed by atoms with Gasteiger partial charge in [0.1, 0.15) is 5.76 Å². The molecule has 3 heterocycles. The Kier molecular flexibility index (Phi) is 6.83. The number of anilines is 1. The Hall–Kier alpha value is -5.43. The van der Waals surface area contributed by atoms with Crippen molar-refractivity contribution in [2.75, 3.05) is 18.0 Å². The molecule has 0 aliphatic carbocycles. The first-order valence-electron chi connectivity index (χ1n) is 14.4. The second-order valence-electron chi connectivity index (χ2n) is 10.9. The maximum absolute atomic E-state index is 14.3. The summed E-state index contributed by atoms with van der Waals surface area (Å²) in [4.78, 5) is 39.4. The number of amides is 1. The minimum Gasteiger partial charge on any atom is -0.455 e. The van der Waals surface area contributed by atoms with Gasteiger partial charge < -0.3 is 19.2 Å². The van der Waals surface area contributed by atoms with Gasteiger partial charge in [0, 0.05) is 42.6 Å². The van der Waals surface area contributed by atoms with E-state index < -0.39 is 0 Å². The number of rotatable bonds is 5. The van der Waals surface area contributed by atoms with Gasteiger partial charge in [-0.3, -0.25) is 9.59 Å². The molecule has 0 bridgehead atoms. The van der Waals surface area contributed by atoms with Crippen LogP contribution in [0.25, 0.3) is 33.4 Å². The van der Waals surface area contributed by atoms with Gasteiger partial charge in [-0.2, -0.15) is 0 Å². The van der Waals surface area contributed by atoms with Gasteiger partial charge in [0.25, 0.3) is 5.91 Å². The van der Waals surface area contributed by atoms with Crippen LogP contribution in [-0.4, -0.2) is 33.9 Å². The average Bonchev–Trinajstić information content (AvgIpc) is 3.50. The molecule has 1 N–H and O–H groups in total. The van der Waals surface area contributed by atoms with Crippen LogP contribution in [0.3, 0.4) is 0 Å². The number of aromatic amines is 1. The lowest BCUT2D eigenvalue weighted by Crippen LogP contribution is -2.35. The molecule has 4 aromatic carbocycles. The number of H-pyrrole nitrogens is 1. The van der Waals surface area contributed by atoms with Crippen LogP contribution >= 0.6 is 0 Å². The van der Waals surface area contributed by atoms with Crippen LogP contribution in [0.15, 0.2) is 119 Å². The lowest BCUT2D eigenvalue weighted by atomic mass is 10.0. The smallest absolute Gasteiger partial charge is 0.258 e. The number of carbonyl (C=O) groups is 1. The van der Waals surface area contributed by atoms with Gasteiger partial charge >= 0.3 is 0 Å². The Labute approximate surface area is 249 Å². The van der Waals surface area contributed by atoms with E-state index in [-0.39, 0.29) is 11.3 Å². The Morgan fingerprint density at radius 3 is 2.40 bits per heavy atom. The molecule has 0 unspecified atom stereocenters. The first-order valence-corrected chi connectivity index (χ1v) is 14.4. The van der Waals surface area contributed by atoms with Gasteiger partial charge in [0.05, 0.1) is 29.5 Å². The predicted octanol–water partition coefficient (Wildman–Crippen LogP) is 6.82. The van der Waals surface area contributed by atoms with Crippen molar-refractivity contribution in [1.82, 2.24) is 14.9 Å². The van der Waals surface area contributed by atoms with E-state index in [2.05, 4.69) is 45.2 Å². The summed E-state index contributed by atoms with van der Waals surface area (Å²) in [5, 5.41) is 0.407. The number of benzene rings is 4. The first-order chi connectivity index (χ1) is 21.1. The fraction of sp³-hybridized carbons (Fsp3) is 0.139. The molecule has 7 rings (SSSR count). The maximum Gasteiger partial charge on any atom is 0.258 e. The summed E-state index contributed by atoms with van der Waals surface area (Å²) in [5.74, 6) is 0.312. The zero-order valence-electron chi connectivity index (χ0n) is 23.8. The number of imidazole rings is 1. The van der Waals surface area contributed by atoms with Crippen molar-refractivity contribution in [2.24, 2.45) is 0 Å². The zero-order valence-corrected chi connectivity index (χ0v) is 23.8. The fourth-order valence-electron chi connectivity index (χ4n) is 5.90. The van der Waals surface area contributed by atoms with Gasteiger partial charge in [-0.15, -0.1) is 0 Å². The van der Waals surface area contributed by atoms with Crippen molar-refractivity contribution in [1.29, 1.82) is 0 Å². The van der Waals surface area contributed by atoms with E-state index in [1.165, 1.54) is 0 Å². The molecule has 1 amide bonds. The maximum atomic E-state index is 14.3. The minimum absolute atomic E-state index is 0.131. The average molecular weight is 567 g/mol. The van der Waals surface area contributed by atoms with E-state index in [1.54, 1.807) is 31.5 Å². The fourth-order valence-corrected chi connectivity index (χ4v) is 5.90. The van der Waals surface area contributed by atoms with Gasteiger partial charge in [-0.1, -0.05) is 72.8 Å². The third-order valence-electron chi connectivity index (χ3n) is 8.13. The molecule has 0 radical (unpaired) electrons. The molecule has 0 saturated carbocycles. The highest BCUT2D eigenvalue weighted by Gasteiger charge is 2.27. The lowest BCUT2D eigenvalue weighted by Gasteiger charge is -2.24. The molecule has 7 heteroatoms. The lowest BCUT2D eigenvalue weighted by molar-refractivity contribution is 0.0752. The molecule has 0 fully saturated rings. The van der Waals surface area contributed by atoms with E-state index in [9.17, 15) is 9.59 Å². The summed E-state index contributed by atoms with van der Waals surface area (Å²) in [7, 11) is 0. The monoisotopic (exact) mass is 566 g/mol. The highest BCUT2D eigenvalue weighted by Crippen LogP contribution is 2.33. The van der Waals surface area contributed by atoms with Crippen molar-refractivity contribution in [3.63, 3.8) is 0 Å². The summed E-state index contributed by atoms with van der Waals surface area (Å²) < 4.78 is 6.40. The van der Waals surface area contributed by atoms with Crippen LogP contribution in [0.4, 0.5) is 5.69 Å². The molecule has 212 valence electrons. The number of fused-ring (bicyclic) bond motifs is 2. The number of nitrogens with one attached hydrogen (secondary N) is 1. The van der Waals surface area contributed by atoms with Crippen molar-refractivity contribution < 1.29 is 9.21 Å². The number of carbonyl (C=O) groups excluding carboxylic acids is 1. The summed E-state index contributed by atoms with van der Waals surface area (Å²) in [5.41, 5.74) is 7.15. The number of nitrogens with zero attached hydrogens (tertiary/aromatic N) is 3. The van der Waals surface area contributed by atoms with Crippen LogP contribution in [0, 0.1) is 6.92 Å². The third-order valence-corrected chi connectivity index (χ3v) is 8.13. The minimum atomic E-state index is -0.172. The number of para-hydroxylation sites is 1. The van der Waals surface area contributed by atoms with Gasteiger partial charge in [0.15, 0.2) is 11.0 Å². The highest BCUT2D eigenvalue weighted by atomic mass is 16.3. The topological polar surface area (TPSA) is 82.4 Å². The molecule has 0 spiro atoms. The van der Waals surface area contributed by atoms with Gasteiger partial charge in [-0.25, -0.2) is 4.98 Å². The Balaban J connectivity index is 1.30. The molecule has 43 heavy (non-hydrogen) atoms. The summed E-state index contributed by atoms with van der Waals surface area (Å²) in [6.07, 6.45) is 3.58. The molecule has 0 saturated heterocycles. The van der Waals surface area contributed by atoms with Crippen LogP contribution in [0.1, 0.15) is 27.2 Å². The van der Waals surface area contributed by atoms with Crippen molar-refractivity contribution in [3.8, 4) is 22.5 Å². The first kappa shape index (κ1) is 26.5. The molecule has 0 atom stereocenters. The molecule has 1 aliphatic heterocycles. The molecular formula is C36H30N4O3. The highest BCUT2D eigenvalue weighted by molar-refractivity contribution is 6.05. The summed E-state index contributed by atoms with van der Waals surface area (Å²) in [6, 6.07) is 31.5. The Bertz CT molecular complexity index is 1980. The second kappa shape index (κ2) is 11.1. The molecule has 7 nitrogen and oxygen atoms in total. The molecular weight excluding hydrogens is 536 g/mol. The van der Waals surface area contributed by atoms with E-state index in [0.29, 0.717) is 54.0 Å². The molecule has 1 aliphatic rings. The second-order valence-corrected chi connectivity index (χ2v) is 10.9. The van der Waals surface area contributed by atoms with Crippen molar-refractivity contribution in [2.45, 2.75) is 20.0 Å². The summed E-state index contributed by atoms with van der Waals surface area (Å²) >= 11 is 0. The van der Waals surface area contributed by atoms with Gasteiger partial charge in [-0.05, 0) is 47.9 Å². The van der Waals surface area contributed by atoms with Crippen LogP contribution in [0.2, 0.25) is 0 Å². The van der Waals surface area contributed by atoms with E-state index >= 15 is 0 Å². The SMILES string of the molecule is Cc1c(-c2ccccc2)oc2c(C(=O)N3CCN(Cc4c[nH]cn4)c4ccc(-c5ccccc5)cc4C3)cccc2c1=O. The predicted molar refractivity (Wildman–Crippen MR) is 169 cm³/mol. The largest absolute Gasteiger partial charge is 0.455 e. The zero-order chi connectivity index (χ0) is 29.3. The van der Waals surface area contributed by atoms with E-state index in [0.717, 1.165) is 33.6 Å². The third kappa shape index (κ3) is 4.99. The van der Waals surface area contributed by atoms with Crippen molar-refractivity contribution in [3.05, 3.63) is 142 Å². The van der Waals surface area contributed by atoms with Crippen LogP contribution in [-0.2, 0) is 13.1 Å². The Morgan fingerprint density at radius 1 is 0.884 bits per heavy atom. The number of hydrogen-bond donors (Lipinski definition) is 1. The quantitative estimate of drug-likeness (QED) is 0.248. The molecule has 2 aromatic heterocycles. The standard InChI is InChI=1S/C36H30N4O3/c1-24-33(41)30-13-8-14-31(35(30)43-34(24)26-11-6-3-7-12-26)36(42)40-18-17-39(22-29-20-37-23-38-29)32-16-15-27(19-28(32)21-40)25-9-4-2-5-10-25/h2-16,19-20,23H,17-18,21-22H2,1H3,(H,37,38). The molecule has 6 aromatic rings.